The Morgan fingerprint density at radius 3 is 2.54 bits per heavy atom. The number of thiophene rings is 1. The van der Waals surface area contributed by atoms with Crippen LogP contribution in [0.2, 0.25) is 0 Å². The Morgan fingerprint density at radius 2 is 1.92 bits per heavy atom. The first-order chi connectivity index (χ1) is 11.6. The van der Waals surface area contributed by atoms with Crippen LogP contribution in [0.15, 0.2) is 23.6 Å². The van der Waals surface area contributed by atoms with Gasteiger partial charge in [0.15, 0.2) is 0 Å². The first-order valence-corrected chi connectivity index (χ1v) is 9.74. The monoisotopic (exact) mass is 344 g/mol. The van der Waals surface area contributed by atoms with E-state index in [1.54, 1.807) is 11.3 Å². The van der Waals surface area contributed by atoms with Gasteiger partial charge in [0.25, 0.3) is 0 Å². The Kier molecular flexibility index (Phi) is 4.11. The maximum Gasteiger partial charge on any atom is 0.218 e. The lowest BCUT2D eigenvalue weighted by molar-refractivity contribution is -0.933. The highest BCUT2D eigenvalue weighted by atomic mass is 32.1. The minimum absolute atomic E-state index is 0.330. The van der Waals surface area contributed by atoms with E-state index in [9.17, 15) is 4.79 Å². The molecule has 5 heteroatoms. The molecule has 3 fully saturated rings. The Labute approximate surface area is 147 Å². The number of Topliss-reactive ketones (excluding diaryl/α,β-unsaturated/α-hetero) is 1. The third-order valence-corrected chi connectivity index (χ3v) is 6.78. The number of rotatable bonds is 5. The fraction of sp³-hybridized carbons (Fsp3) is 0.526. The molecule has 0 amide bonds. The third-order valence-electron chi connectivity index (χ3n) is 5.92. The SMILES string of the molecule is Cc1cc(C(=O)C[N+]23CCN(CC2)CC3)c(C)n1Cc1cccs1. The number of carbonyl (C=O) groups is 1. The van der Waals surface area contributed by atoms with Crippen molar-refractivity contribution in [2.24, 2.45) is 0 Å². The van der Waals surface area contributed by atoms with Gasteiger partial charge in [0.05, 0.1) is 26.2 Å². The topological polar surface area (TPSA) is 25.2 Å². The predicted molar refractivity (Wildman–Crippen MR) is 97.8 cm³/mol. The van der Waals surface area contributed by atoms with E-state index in [1.807, 2.05) is 0 Å². The number of fused-ring (bicyclic) bond motifs is 3. The van der Waals surface area contributed by atoms with Gasteiger partial charge >= 0.3 is 0 Å². The maximum atomic E-state index is 13.0. The van der Waals surface area contributed by atoms with Crippen molar-refractivity contribution >= 4 is 17.1 Å². The number of piperazine rings is 3. The summed E-state index contributed by atoms with van der Waals surface area (Å²) in [7, 11) is 0. The van der Waals surface area contributed by atoms with Crippen molar-refractivity contribution in [2.75, 3.05) is 45.8 Å². The van der Waals surface area contributed by atoms with Crippen LogP contribution in [0.1, 0.15) is 26.6 Å². The van der Waals surface area contributed by atoms with Crippen LogP contribution in [-0.2, 0) is 6.54 Å². The van der Waals surface area contributed by atoms with Gasteiger partial charge in [0.2, 0.25) is 5.78 Å². The summed E-state index contributed by atoms with van der Waals surface area (Å²) < 4.78 is 3.29. The van der Waals surface area contributed by atoms with Gasteiger partial charge in [-0.05, 0) is 31.4 Å². The van der Waals surface area contributed by atoms with Crippen LogP contribution in [0.4, 0.5) is 0 Å². The van der Waals surface area contributed by atoms with Gasteiger partial charge in [-0.3, -0.25) is 9.69 Å². The summed E-state index contributed by atoms with van der Waals surface area (Å²) in [6.07, 6.45) is 0. The summed E-state index contributed by atoms with van der Waals surface area (Å²) >= 11 is 1.78. The van der Waals surface area contributed by atoms with E-state index >= 15 is 0 Å². The fourth-order valence-electron chi connectivity index (χ4n) is 4.24. The number of hydrogen-bond donors (Lipinski definition) is 0. The summed E-state index contributed by atoms with van der Waals surface area (Å²) in [5.74, 6) is 0.330. The van der Waals surface area contributed by atoms with Crippen LogP contribution in [0.25, 0.3) is 0 Å². The third kappa shape index (κ3) is 2.85. The molecule has 24 heavy (non-hydrogen) atoms. The second-order valence-corrected chi connectivity index (χ2v) is 8.42. The lowest BCUT2D eigenvalue weighted by atomic mass is 10.1. The molecular formula is C19H26N3OS+. The zero-order chi connectivity index (χ0) is 16.7. The molecule has 4 nitrogen and oxygen atoms in total. The number of quaternary nitrogens is 1. The van der Waals surface area contributed by atoms with Crippen LogP contribution in [0, 0.1) is 13.8 Å². The normalized spacial score (nSPS) is 26.0. The quantitative estimate of drug-likeness (QED) is 0.615. The zero-order valence-corrected chi connectivity index (χ0v) is 15.4. The second kappa shape index (κ2) is 6.14. The van der Waals surface area contributed by atoms with E-state index < -0.39 is 0 Å². The lowest BCUT2D eigenvalue weighted by Gasteiger charge is -2.50. The summed E-state index contributed by atoms with van der Waals surface area (Å²) in [5, 5.41) is 2.11. The lowest BCUT2D eigenvalue weighted by Crippen LogP contribution is -2.68. The van der Waals surface area contributed by atoms with E-state index in [1.165, 1.54) is 10.6 Å². The molecule has 0 atom stereocenters. The van der Waals surface area contributed by atoms with Crippen LogP contribution in [-0.4, -0.2) is 65.5 Å². The number of nitrogens with zero attached hydrogens (tertiary/aromatic N) is 3. The molecular weight excluding hydrogens is 318 g/mol. The molecule has 128 valence electrons. The molecule has 0 aliphatic carbocycles. The number of aryl methyl sites for hydroxylation is 1. The number of aromatic nitrogens is 1. The second-order valence-electron chi connectivity index (χ2n) is 7.39. The first kappa shape index (κ1) is 16.1. The molecule has 3 saturated heterocycles. The van der Waals surface area contributed by atoms with E-state index in [0.717, 1.165) is 61.6 Å². The van der Waals surface area contributed by atoms with Crippen molar-refractivity contribution in [3.05, 3.63) is 45.4 Å². The van der Waals surface area contributed by atoms with E-state index in [0.29, 0.717) is 12.3 Å². The molecule has 0 saturated carbocycles. The van der Waals surface area contributed by atoms with Crippen molar-refractivity contribution in [3.8, 4) is 0 Å². The molecule has 3 aliphatic rings. The molecule has 0 radical (unpaired) electrons. The number of hydrogen-bond acceptors (Lipinski definition) is 3. The largest absolute Gasteiger partial charge is 0.343 e. The van der Waals surface area contributed by atoms with Crippen molar-refractivity contribution in [1.29, 1.82) is 0 Å². The van der Waals surface area contributed by atoms with Crippen molar-refractivity contribution in [1.82, 2.24) is 9.47 Å². The highest BCUT2D eigenvalue weighted by Gasteiger charge is 2.40. The van der Waals surface area contributed by atoms with E-state index in [4.69, 9.17) is 0 Å². The van der Waals surface area contributed by atoms with Crippen LogP contribution in [0.3, 0.4) is 0 Å². The van der Waals surface area contributed by atoms with Crippen LogP contribution < -0.4 is 0 Å². The Morgan fingerprint density at radius 1 is 1.21 bits per heavy atom. The highest BCUT2D eigenvalue weighted by Crippen LogP contribution is 2.23. The molecule has 0 spiro atoms. The van der Waals surface area contributed by atoms with Gasteiger partial charge in [-0.25, -0.2) is 0 Å². The minimum Gasteiger partial charge on any atom is -0.343 e. The maximum absolute atomic E-state index is 13.0. The molecule has 5 rings (SSSR count). The van der Waals surface area contributed by atoms with Gasteiger partial charge in [-0.2, -0.15) is 0 Å². The van der Waals surface area contributed by atoms with Gasteiger partial charge < -0.3 is 9.05 Å². The Bertz CT molecular complexity index is 725. The molecule has 0 N–H and O–H groups in total. The molecule has 2 aromatic rings. The standard InChI is InChI=1S/C19H26N3OS/c1-15-12-18(16(2)21(15)13-17-4-3-11-24-17)19(23)14-22-8-5-20(6-9-22)7-10-22/h3-4,11-12H,5-10,13-14H2,1-2H3/q+1. The number of ketones is 1. The summed E-state index contributed by atoms with van der Waals surface area (Å²) in [5.41, 5.74) is 3.25. The molecule has 0 unspecified atom stereocenters. The van der Waals surface area contributed by atoms with Crippen LogP contribution >= 0.6 is 11.3 Å². The molecule has 2 aromatic heterocycles. The van der Waals surface area contributed by atoms with Gasteiger partial charge in [0.1, 0.15) is 6.54 Å². The smallest absolute Gasteiger partial charge is 0.218 e. The van der Waals surface area contributed by atoms with Gasteiger partial charge in [0, 0.05) is 41.5 Å². The predicted octanol–water partition coefficient (Wildman–Crippen LogP) is 2.54. The summed E-state index contributed by atoms with van der Waals surface area (Å²) in [6, 6.07) is 6.35. The fourth-order valence-corrected chi connectivity index (χ4v) is 4.94. The Hall–Kier alpha value is -1.43. The van der Waals surface area contributed by atoms with Gasteiger partial charge in [-0.15, -0.1) is 11.3 Å². The molecule has 0 aromatic carbocycles. The van der Waals surface area contributed by atoms with E-state index in [2.05, 4.69) is 46.9 Å². The minimum atomic E-state index is 0.330. The molecule has 5 heterocycles. The average molecular weight is 345 g/mol. The highest BCUT2D eigenvalue weighted by molar-refractivity contribution is 7.09. The summed E-state index contributed by atoms with van der Waals surface area (Å²) in [4.78, 5) is 16.9. The number of carbonyl (C=O) groups excluding carboxylic acids is 1. The van der Waals surface area contributed by atoms with E-state index in [-0.39, 0.29) is 0 Å². The average Bonchev–Trinajstić information content (AvgIpc) is 3.20. The summed E-state index contributed by atoms with van der Waals surface area (Å²) in [6.45, 7) is 12.7. The molecule has 3 aliphatic heterocycles. The zero-order valence-electron chi connectivity index (χ0n) is 14.6. The molecule has 2 bridgehead atoms. The first-order valence-electron chi connectivity index (χ1n) is 8.86. The van der Waals surface area contributed by atoms with Crippen molar-refractivity contribution in [3.63, 3.8) is 0 Å². The Balaban J connectivity index is 1.54. The van der Waals surface area contributed by atoms with Crippen molar-refractivity contribution < 1.29 is 9.28 Å². The van der Waals surface area contributed by atoms with Crippen LogP contribution in [0.5, 0.6) is 0 Å². The van der Waals surface area contributed by atoms with Gasteiger partial charge in [-0.1, -0.05) is 6.07 Å². The van der Waals surface area contributed by atoms with Crippen molar-refractivity contribution in [2.45, 2.75) is 20.4 Å².